The van der Waals surface area contributed by atoms with Gasteiger partial charge in [-0.15, -0.1) is 0 Å². The summed E-state index contributed by atoms with van der Waals surface area (Å²) in [6.45, 7) is 0. The molecule has 0 bridgehead atoms. The summed E-state index contributed by atoms with van der Waals surface area (Å²) in [5, 5.41) is 2.74. The summed E-state index contributed by atoms with van der Waals surface area (Å²) < 4.78 is 0. The summed E-state index contributed by atoms with van der Waals surface area (Å²) in [4.78, 5) is 15.8. The van der Waals surface area contributed by atoms with Crippen molar-refractivity contribution in [2.75, 3.05) is 5.32 Å². The number of anilines is 1. The number of benzene rings is 1. The van der Waals surface area contributed by atoms with Crippen LogP contribution in [0.4, 0.5) is 5.82 Å². The molecule has 1 aromatic carbocycles. The molecule has 0 aliphatic heterocycles. The molecule has 4 nitrogen and oxygen atoms in total. The van der Waals surface area contributed by atoms with Gasteiger partial charge < -0.3 is 11.1 Å². The maximum atomic E-state index is 11.7. The molecule has 0 aliphatic carbocycles. The van der Waals surface area contributed by atoms with Crippen molar-refractivity contribution in [2.45, 2.75) is 18.9 Å². The van der Waals surface area contributed by atoms with Crippen LogP contribution >= 0.6 is 0 Å². The third-order valence-electron chi connectivity index (χ3n) is 2.84. The van der Waals surface area contributed by atoms with Crippen molar-refractivity contribution in [1.29, 1.82) is 0 Å². The van der Waals surface area contributed by atoms with E-state index in [1.165, 1.54) is 0 Å². The highest BCUT2D eigenvalue weighted by Crippen LogP contribution is 2.15. The summed E-state index contributed by atoms with van der Waals surface area (Å²) in [5.74, 6) is 0.505. The van der Waals surface area contributed by atoms with Gasteiger partial charge in [0.1, 0.15) is 5.82 Å². The molecule has 0 saturated carbocycles. The van der Waals surface area contributed by atoms with Gasteiger partial charge in [0.2, 0.25) is 5.91 Å². The van der Waals surface area contributed by atoms with E-state index >= 15 is 0 Å². The minimum atomic E-state index is -0.115. The average Bonchev–Trinajstić information content (AvgIpc) is 2.47. The number of rotatable bonds is 5. The Kier molecular flexibility index (Phi) is 4.64. The quantitative estimate of drug-likeness (QED) is 0.862. The Morgan fingerprint density at radius 3 is 2.58 bits per heavy atom. The van der Waals surface area contributed by atoms with Gasteiger partial charge in [0.25, 0.3) is 0 Å². The van der Waals surface area contributed by atoms with Crippen molar-refractivity contribution < 1.29 is 4.79 Å². The molecule has 0 saturated heterocycles. The maximum Gasteiger partial charge on any atom is 0.225 e. The predicted molar refractivity (Wildman–Crippen MR) is 75.5 cm³/mol. The van der Waals surface area contributed by atoms with E-state index in [-0.39, 0.29) is 11.9 Å². The number of carbonyl (C=O) groups excluding carboxylic acids is 1. The Hall–Kier alpha value is -2.20. The molecule has 1 amide bonds. The molecule has 0 radical (unpaired) electrons. The number of nitrogens with zero attached hydrogens (tertiary/aromatic N) is 1. The number of carbonyl (C=O) groups is 1. The molecule has 1 atom stereocenters. The van der Waals surface area contributed by atoms with Crippen LogP contribution in [0.2, 0.25) is 0 Å². The molecule has 0 spiro atoms. The third-order valence-corrected chi connectivity index (χ3v) is 2.84. The smallest absolute Gasteiger partial charge is 0.225 e. The van der Waals surface area contributed by atoms with E-state index in [1.54, 1.807) is 18.3 Å². The zero-order valence-electron chi connectivity index (χ0n) is 10.6. The second kappa shape index (κ2) is 6.66. The van der Waals surface area contributed by atoms with Crippen LogP contribution in [0.25, 0.3) is 0 Å². The monoisotopic (exact) mass is 255 g/mol. The van der Waals surface area contributed by atoms with E-state index in [1.807, 2.05) is 36.4 Å². The lowest BCUT2D eigenvalue weighted by atomic mass is 10.0. The molecule has 3 N–H and O–H groups in total. The molecule has 1 aromatic heterocycles. The van der Waals surface area contributed by atoms with Gasteiger partial charge in [-0.05, 0) is 24.1 Å². The number of nitrogens with one attached hydrogen (secondary N) is 1. The highest BCUT2D eigenvalue weighted by Gasteiger charge is 2.09. The Morgan fingerprint density at radius 1 is 1.16 bits per heavy atom. The number of amides is 1. The number of aromatic nitrogens is 1. The van der Waals surface area contributed by atoms with Crippen LogP contribution in [0.15, 0.2) is 54.7 Å². The largest absolute Gasteiger partial charge is 0.324 e. The van der Waals surface area contributed by atoms with E-state index in [0.29, 0.717) is 18.7 Å². The Morgan fingerprint density at radius 2 is 1.89 bits per heavy atom. The first-order valence-electron chi connectivity index (χ1n) is 6.27. The van der Waals surface area contributed by atoms with Gasteiger partial charge in [-0.1, -0.05) is 36.4 Å². The SMILES string of the molecule is NC(CCC(=O)Nc1ccccn1)c1ccccc1. The molecule has 1 heterocycles. The first-order valence-corrected chi connectivity index (χ1v) is 6.27. The van der Waals surface area contributed by atoms with Gasteiger partial charge in [0.05, 0.1) is 0 Å². The number of hydrogen-bond donors (Lipinski definition) is 2. The minimum Gasteiger partial charge on any atom is -0.324 e. The van der Waals surface area contributed by atoms with Gasteiger partial charge in [0.15, 0.2) is 0 Å². The fraction of sp³-hybridized carbons (Fsp3) is 0.200. The van der Waals surface area contributed by atoms with Gasteiger partial charge in [-0.3, -0.25) is 4.79 Å². The van der Waals surface area contributed by atoms with E-state index in [9.17, 15) is 4.79 Å². The van der Waals surface area contributed by atoms with E-state index in [4.69, 9.17) is 5.73 Å². The molecular formula is C15H17N3O. The third kappa shape index (κ3) is 4.19. The number of pyridine rings is 1. The summed E-state index contributed by atoms with van der Waals surface area (Å²) in [7, 11) is 0. The molecular weight excluding hydrogens is 238 g/mol. The van der Waals surface area contributed by atoms with Crippen LogP contribution < -0.4 is 11.1 Å². The molecule has 0 aliphatic rings. The van der Waals surface area contributed by atoms with Crippen molar-refractivity contribution in [1.82, 2.24) is 4.98 Å². The molecule has 98 valence electrons. The minimum absolute atomic E-state index is 0.0647. The van der Waals surface area contributed by atoms with E-state index in [2.05, 4.69) is 10.3 Å². The van der Waals surface area contributed by atoms with Crippen LogP contribution in [0.5, 0.6) is 0 Å². The van der Waals surface area contributed by atoms with Crippen LogP contribution in [0.1, 0.15) is 24.4 Å². The first kappa shape index (κ1) is 13.2. The standard InChI is InChI=1S/C15H17N3O/c16-13(12-6-2-1-3-7-12)9-10-15(19)18-14-8-4-5-11-17-14/h1-8,11,13H,9-10,16H2,(H,17,18,19). The molecule has 2 aromatic rings. The Labute approximate surface area is 112 Å². The van der Waals surface area contributed by atoms with Gasteiger partial charge in [-0.25, -0.2) is 4.98 Å². The Bertz CT molecular complexity index is 513. The molecule has 0 fully saturated rings. The maximum absolute atomic E-state index is 11.7. The van der Waals surface area contributed by atoms with Crippen LogP contribution in [-0.4, -0.2) is 10.9 Å². The molecule has 19 heavy (non-hydrogen) atoms. The normalized spacial score (nSPS) is 11.8. The Balaban J connectivity index is 1.81. The summed E-state index contributed by atoms with van der Waals surface area (Å²) in [5.41, 5.74) is 7.09. The zero-order chi connectivity index (χ0) is 13.5. The lowest BCUT2D eigenvalue weighted by Gasteiger charge is -2.11. The highest BCUT2D eigenvalue weighted by molar-refractivity contribution is 5.89. The summed E-state index contributed by atoms with van der Waals surface area (Å²) in [6, 6.07) is 15.1. The van der Waals surface area contributed by atoms with Crippen molar-refractivity contribution in [3.63, 3.8) is 0 Å². The number of nitrogens with two attached hydrogens (primary N) is 1. The fourth-order valence-electron chi connectivity index (χ4n) is 1.80. The number of hydrogen-bond acceptors (Lipinski definition) is 3. The van der Waals surface area contributed by atoms with Crippen molar-refractivity contribution in [2.24, 2.45) is 5.73 Å². The molecule has 1 unspecified atom stereocenters. The lowest BCUT2D eigenvalue weighted by molar-refractivity contribution is -0.116. The highest BCUT2D eigenvalue weighted by atomic mass is 16.1. The van der Waals surface area contributed by atoms with E-state index in [0.717, 1.165) is 5.56 Å². The summed E-state index contributed by atoms with van der Waals surface area (Å²) in [6.07, 6.45) is 2.64. The van der Waals surface area contributed by atoms with Gasteiger partial charge in [0, 0.05) is 18.7 Å². The van der Waals surface area contributed by atoms with Crippen molar-refractivity contribution in [3.8, 4) is 0 Å². The summed E-state index contributed by atoms with van der Waals surface area (Å²) >= 11 is 0. The average molecular weight is 255 g/mol. The first-order chi connectivity index (χ1) is 9.25. The topological polar surface area (TPSA) is 68.0 Å². The van der Waals surface area contributed by atoms with Gasteiger partial charge in [-0.2, -0.15) is 0 Å². The predicted octanol–water partition coefficient (Wildman–Crippen LogP) is 2.50. The van der Waals surface area contributed by atoms with Crippen molar-refractivity contribution >= 4 is 11.7 Å². The second-order valence-corrected chi connectivity index (χ2v) is 4.32. The zero-order valence-corrected chi connectivity index (χ0v) is 10.6. The fourth-order valence-corrected chi connectivity index (χ4v) is 1.80. The lowest BCUT2D eigenvalue weighted by Crippen LogP contribution is -2.17. The molecule has 4 heteroatoms. The van der Waals surface area contributed by atoms with Gasteiger partial charge >= 0.3 is 0 Å². The van der Waals surface area contributed by atoms with E-state index < -0.39 is 0 Å². The second-order valence-electron chi connectivity index (χ2n) is 4.32. The molecule has 2 rings (SSSR count). The van der Waals surface area contributed by atoms with Crippen LogP contribution in [0.3, 0.4) is 0 Å². The van der Waals surface area contributed by atoms with Crippen LogP contribution in [0, 0.1) is 0 Å². The van der Waals surface area contributed by atoms with Crippen LogP contribution in [-0.2, 0) is 4.79 Å². The van der Waals surface area contributed by atoms with Crippen molar-refractivity contribution in [3.05, 3.63) is 60.3 Å².